The van der Waals surface area contributed by atoms with E-state index in [9.17, 15) is 0 Å². The van der Waals surface area contributed by atoms with E-state index < -0.39 is 0 Å². The molecule has 0 unspecified atom stereocenters. The van der Waals surface area contributed by atoms with Crippen molar-refractivity contribution in [2.24, 2.45) is 0 Å². The van der Waals surface area contributed by atoms with Gasteiger partial charge in [0.25, 0.3) is 0 Å². The van der Waals surface area contributed by atoms with Crippen molar-refractivity contribution in [2.75, 3.05) is 6.61 Å². The van der Waals surface area contributed by atoms with Crippen molar-refractivity contribution in [1.82, 2.24) is 0 Å². The molecule has 6 heteroatoms. The van der Waals surface area contributed by atoms with Crippen LogP contribution in [0.15, 0.2) is 36.4 Å². The van der Waals surface area contributed by atoms with E-state index in [4.69, 9.17) is 55.9 Å². The van der Waals surface area contributed by atoms with Crippen LogP contribution in [0, 0.1) is 6.61 Å². The minimum atomic E-state index is 0.183. The topological polar surface area (TPSA) is 18.5 Å². The minimum absolute atomic E-state index is 0.183. The van der Waals surface area contributed by atoms with E-state index in [1.807, 2.05) is 0 Å². The molecule has 0 N–H and O–H groups in total. The van der Waals surface area contributed by atoms with Crippen LogP contribution in [0.25, 0.3) is 0 Å². The van der Waals surface area contributed by atoms with Gasteiger partial charge in [0.05, 0.1) is 10.0 Å². The highest BCUT2D eigenvalue weighted by Gasteiger charge is 2.06. The molecule has 0 heterocycles. The summed E-state index contributed by atoms with van der Waals surface area (Å²) in [7, 11) is 0. The van der Waals surface area contributed by atoms with E-state index >= 15 is 0 Å². The molecule has 20 heavy (non-hydrogen) atoms. The molecule has 0 atom stereocenters. The smallest absolute Gasteiger partial charge is 0.173 e. The highest BCUT2D eigenvalue weighted by Crippen LogP contribution is 2.32. The molecule has 0 amide bonds. The van der Waals surface area contributed by atoms with Gasteiger partial charge in [0, 0.05) is 11.1 Å². The minimum Gasteiger partial charge on any atom is -0.488 e. The van der Waals surface area contributed by atoms with Crippen molar-refractivity contribution in [3.63, 3.8) is 0 Å². The van der Waals surface area contributed by atoms with Crippen LogP contribution >= 0.6 is 46.4 Å². The number of hydrogen-bond acceptors (Lipinski definition) is 2. The summed E-state index contributed by atoms with van der Waals surface area (Å²) in [6, 6.07) is 10.1. The number of halogens is 4. The molecule has 0 aromatic heterocycles. The molecular weight excluding hydrogens is 342 g/mol. The van der Waals surface area contributed by atoms with E-state index in [2.05, 4.69) is 0 Å². The van der Waals surface area contributed by atoms with Crippen molar-refractivity contribution in [3.8, 4) is 11.5 Å². The standard InChI is InChI=1S/C14H9Cl4O2/c15-9-4-5-10(16)13(8-9)20-7-6-19-12-3-1-2-11(17)14(12)18/h1-5,7-8H,6H2. The van der Waals surface area contributed by atoms with Gasteiger partial charge < -0.3 is 9.47 Å². The highest BCUT2D eigenvalue weighted by molar-refractivity contribution is 6.42. The summed E-state index contributed by atoms with van der Waals surface area (Å²) in [6.45, 7) is 1.64. The zero-order valence-corrected chi connectivity index (χ0v) is 13.1. The Morgan fingerprint density at radius 2 is 1.70 bits per heavy atom. The van der Waals surface area contributed by atoms with Gasteiger partial charge in [-0.1, -0.05) is 52.5 Å². The van der Waals surface area contributed by atoms with Crippen molar-refractivity contribution in [2.45, 2.75) is 0 Å². The van der Waals surface area contributed by atoms with Crippen LogP contribution in [0.3, 0.4) is 0 Å². The maximum absolute atomic E-state index is 5.98. The third kappa shape index (κ3) is 4.10. The lowest BCUT2D eigenvalue weighted by Gasteiger charge is -2.10. The molecule has 1 radical (unpaired) electrons. The molecule has 0 aliphatic rings. The number of rotatable bonds is 5. The van der Waals surface area contributed by atoms with Gasteiger partial charge in [-0.2, -0.15) is 0 Å². The molecule has 0 saturated carbocycles. The summed E-state index contributed by atoms with van der Waals surface area (Å²) < 4.78 is 10.8. The Bertz CT molecular complexity index is 598. The second kappa shape index (κ2) is 7.28. The summed E-state index contributed by atoms with van der Waals surface area (Å²) >= 11 is 23.7. The van der Waals surface area contributed by atoms with Crippen LogP contribution in [0.5, 0.6) is 11.5 Å². The summed E-state index contributed by atoms with van der Waals surface area (Å²) in [5.41, 5.74) is 0. The fraction of sp³-hybridized carbons (Fsp3) is 0.0714. The van der Waals surface area contributed by atoms with Crippen molar-refractivity contribution < 1.29 is 9.47 Å². The SMILES string of the molecule is Clc1ccc(Cl)c(O[CH]COc2cccc(Cl)c2Cl)c1. The number of benzene rings is 2. The van der Waals surface area contributed by atoms with Crippen LogP contribution < -0.4 is 9.47 Å². The molecule has 0 bridgehead atoms. The number of ether oxygens (including phenoxy) is 2. The van der Waals surface area contributed by atoms with E-state index in [1.165, 1.54) is 6.61 Å². The lowest BCUT2D eigenvalue weighted by molar-refractivity contribution is 0.272. The molecule has 0 saturated heterocycles. The molecular formula is C14H9Cl4O2. The van der Waals surface area contributed by atoms with Crippen LogP contribution in [0.4, 0.5) is 0 Å². The Morgan fingerprint density at radius 3 is 2.50 bits per heavy atom. The van der Waals surface area contributed by atoms with Gasteiger partial charge in [0.1, 0.15) is 23.1 Å². The molecule has 2 aromatic carbocycles. The zero-order chi connectivity index (χ0) is 14.5. The molecule has 105 valence electrons. The fourth-order valence-electron chi connectivity index (χ4n) is 1.41. The van der Waals surface area contributed by atoms with Crippen molar-refractivity contribution in [3.05, 3.63) is 63.1 Å². The average Bonchev–Trinajstić information content (AvgIpc) is 2.43. The highest BCUT2D eigenvalue weighted by atomic mass is 35.5. The monoisotopic (exact) mass is 349 g/mol. The second-order valence-electron chi connectivity index (χ2n) is 3.72. The van der Waals surface area contributed by atoms with Gasteiger partial charge >= 0.3 is 0 Å². The summed E-state index contributed by atoms with van der Waals surface area (Å²) in [6.07, 6.45) is 0. The van der Waals surface area contributed by atoms with E-state index in [1.54, 1.807) is 36.4 Å². The van der Waals surface area contributed by atoms with Crippen LogP contribution in [-0.4, -0.2) is 6.61 Å². The zero-order valence-electron chi connectivity index (χ0n) is 10.1. The molecule has 2 rings (SSSR count). The third-order valence-corrected chi connectivity index (χ3v) is 3.68. The van der Waals surface area contributed by atoms with Gasteiger partial charge in [0.2, 0.25) is 0 Å². The first-order chi connectivity index (χ1) is 9.58. The maximum atomic E-state index is 5.98. The predicted molar refractivity (Wildman–Crippen MR) is 83.3 cm³/mol. The maximum Gasteiger partial charge on any atom is 0.173 e. The van der Waals surface area contributed by atoms with Crippen LogP contribution in [0.2, 0.25) is 20.1 Å². The van der Waals surface area contributed by atoms with Crippen LogP contribution in [-0.2, 0) is 0 Å². The molecule has 2 aromatic rings. The Balaban J connectivity index is 1.88. The third-order valence-electron chi connectivity index (χ3n) is 2.33. The summed E-state index contributed by atoms with van der Waals surface area (Å²) in [5, 5.41) is 1.80. The Kier molecular flexibility index (Phi) is 5.67. The lowest BCUT2D eigenvalue weighted by atomic mass is 10.3. The quantitative estimate of drug-likeness (QED) is 0.623. The van der Waals surface area contributed by atoms with Gasteiger partial charge in [-0.05, 0) is 24.3 Å². The Hall–Kier alpha value is -0.800. The molecule has 0 spiro atoms. The fourth-order valence-corrected chi connectivity index (χ4v) is 2.08. The van der Waals surface area contributed by atoms with Gasteiger partial charge in [-0.15, -0.1) is 0 Å². The first kappa shape index (κ1) is 15.6. The van der Waals surface area contributed by atoms with Gasteiger partial charge in [-0.3, -0.25) is 0 Å². The lowest BCUT2D eigenvalue weighted by Crippen LogP contribution is -2.03. The van der Waals surface area contributed by atoms with Gasteiger partial charge in [-0.25, -0.2) is 0 Å². The molecule has 0 fully saturated rings. The number of hydrogen-bond donors (Lipinski definition) is 0. The predicted octanol–water partition coefficient (Wildman–Crippen LogP) is 5.92. The normalized spacial score (nSPS) is 10.4. The largest absolute Gasteiger partial charge is 0.488 e. The van der Waals surface area contributed by atoms with Crippen molar-refractivity contribution >= 4 is 46.4 Å². The average molecular weight is 351 g/mol. The molecule has 0 aliphatic carbocycles. The first-order valence-electron chi connectivity index (χ1n) is 5.58. The van der Waals surface area contributed by atoms with E-state index in [-0.39, 0.29) is 6.61 Å². The van der Waals surface area contributed by atoms with Gasteiger partial charge in [0.15, 0.2) is 6.61 Å². The summed E-state index contributed by atoms with van der Waals surface area (Å²) in [4.78, 5) is 0. The van der Waals surface area contributed by atoms with Crippen molar-refractivity contribution in [1.29, 1.82) is 0 Å². The Labute approximate surface area is 137 Å². The first-order valence-corrected chi connectivity index (χ1v) is 7.09. The Morgan fingerprint density at radius 1 is 0.900 bits per heavy atom. The van der Waals surface area contributed by atoms with E-state index in [0.29, 0.717) is 31.6 Å². The molecule has 0 aliphatic heterocycles. The second-order valence-corrected chi connectivity index (χ2v) is 5.35. The molecule has 2 nitrogen and oxygen atoms in total. The van der Waals surface area contributed by atoms with E-state index in [0.717, 1.165) is 0 Å². The van der Waals surface area contributed by atoms with Crippen LogP contribution in [0.1, 0.15) is 0 Å². The summed E-state index contributed by atoms with van der Waals surface area (Å²) in [5.74, 6) is 0.941.